The third kappa shape index (κ3) is 10.5. The molecular weight excluding hydrogens is 1060 g/mol. The van der Waals surface area contributed by atoms with Crippen molar-refractivity contribution in [1.29, 1.82) is 0 Å². The summed E-state index contributed by atoms with van der Waals surface area (Å²) in [4.78, 5) is 100. The van der Waals surface area contributed by atoms with Crippen molar-refractivity contribution < 1.29 is 77.3 Å². The van der Waals surface area contributed by atoms with Gasteiger partial charge in [-0.05, 0) is 51.7 Å². The van der Waals surface area contributed by atoms with Gasteiger partial charge in [0, 0.05) is 100 Å². The molecule has 5 aliphatic heterocycles. The molecule has 1 saturated carbocycles. The number of nitrogens with zero attached hydrogens (tertiary/aromatic N) is 3. The number of nitrogens with one attached hydrogen (secondary N) is 2. The van der Waals surface area contributed by atoms with Crippen LogP contribution in [0, 0.1) is 30.5 Å². The number of rotatable bonds is 9. The van der Waals surface area contributed by atoms with Gasteiger partial charge in [-0.15, -0.1) is 0 Å². The van der Waals surface area contributed by atoms with Crippen LogP contribution in [0.3, 0.4) is 0 Å². The number of fused-ring (bicyclic) bond motifs is 15. The van der Waals surface area contributed by atoms with Gasteiger partial charge in [-0.3, -0.25) is 28.8 Å². The average Bonchev–Trinajstić information content (AvgIpc) is 4.46. The maximum Gasteiger partial charge on any atom is 0.341 e. The molecule has 9 atom stereocenters. The molecule has 10 rings (SSSR count). The number of hydrogen-bond acceptors (Lipinski definition) is 19. The fourth-order valence-corrected chi connectivity index (χ4v) is 11.8. The van der Waals surface area contributed by atoms with Gasteiger partial charge in [0.1, 0.15) is 40.2 Å². The monoisotopic (exact) mass is 1120 g/mol. The van der Waals surface area contributed by atoms with Gasteiger partial charge in [-0.2, -0.15) is 0 Å². The third-order valence-corrected chi connectivity index (χ3v) is 16.7. The van der Waals surface area contributed by atoms with E-state index >= 15 is 9.18 Å². The zero-order valence-electron chi connectivity index (χ0n) is 46.5. The number of aromatic carboxylic acids is 1. The minimum Gasteiger partial charge on any atom is -0.507 e. The second-order valence-electron chi connectivity index (χ2n) is 22.2. The molecule has 6 heterocycles. The van der Waals surface area contributed by atoms with Crippen LogP contribution in [-0.2, 0) is 23.8 Å². The van der Waals surface area contributed by atoms with E-state index in [4.69, 9.17) is 29.4 Å². The summed E-state index contributed by atoms with van der Waals surface area (Å²) < 4.78 is 47.2. The molecule has 0 unspecified atom stereocenters. The molecule has 5 bridgehead atoms. The van der Waals surface area contributed by atoms with Crippen LogP contribution in [0.25, 0.3) is 10.9 Å². The van der Waals surface area contributed by atoms with E-state index in [1.54, 1.807) is 41.2 Å². The maximum atomic E-state index is 16.1. The molecule has 3 aromatic rings. The SMILES string of the molecule is COc1c(N2CC(NC3CCN(C4=C5NC(=O)/C(C)=C\C=C\[C@H](C)[C@H](O)[C@@H](N)[C@@H](O)[C@@H](C)[C@H](OC(C)=O)[C@H](C)[C@@H](OC)/C=C/O[C@@]6(C)Oc7c(C)c(O)c(c(c7C6=O)C4=O)C5=O)CC3)C2)c(F)cc2c(=O)c(C(=O)O)cn(C3CC3)c12. The molecule has 2 aromatic carbocycles. The zero-order chi connectivity index (χ0) is 58.8. The van der Waals surface area contributed by atoms with Crippen LogP contribution in [0.4, 0.5) is 10.1 Å². The van der Waals surface area contributed by atoms with Crippen LogP contribution in [0.2, 0.25) is 0 Å². The Labute approximate surface area is 465 Å². The van der Waals surface area contributed by atoms with Crippen molar-refractivity contribution in [2.75, 3.05) is 45.3 Å². The smallest absolute Gasteiger partial charge is 0.341 e. The minimum atomic E-state index is -2.17. The zero-order valence-corrected chi connectivity index (χ0v) is 46.5. The number of aliphatic hydroxyl groups is 2. The van der Waals surface area contributed by atoms with E-state index in [-0.39, 0.29) is 76.2 Å². The van der Waals surface area contributed by atoms with Gasteiger partial charge in [-0.1, -0.05) is 39.0 Å². The number of phenolic OH excluding ortho intramolecular Hbond substituents is 1. The molecule has 3 fully saturated rings. The number of ketones is 3. The van der Waals surface area contributed by atoms with Crippen LogP contribution in [-0.4, -0.2) is 154 Å². The number of carboxylic acid groups (broad SMARTS) is 1. The van der Waals surface area contributed by atoms with Crippen molar-refractivity contribution in [1.82, 2.24) is 20.1 Å². The number of carbonyl (C=O) groups excluding carboxylic acids is 5. The first kappa shape index (κ1) is 58.2. The molecule has 2 saturated heterocycles. The summed E-state index contributed by atoms with van der Waals surface area (Å²) in [5, 5.41) is 50.6. The molecule has 0 radical (unpaired) electrons. The lowest BCUT2D eigenvalue weighted by atomic mass is 9.81. The molecule has 8 N–H and O–H groups in total. The second-order valence-corrected chi connectivity index (χ2v) is 22.2. The van der Waals surface area contributed by atoms with Crippen molar-refractivity contribution in [2.24, 2.45) is 23.5 Å². The Morgan fingerprint density at radius 3 is 2.21 bits per heavy atom. The molecule has 1 aromatic heterocycles. The summed E-state index contributed by atoms with van der Waals surface area (Å²) in [6.45, 7) is 11.3. The number of likely N-dealkylation sites (tertiary alicyclic amines) is 1. The molecule has 1 amide bonds. The number of Topliss-reactive ketones (excluding diaryl/α,β-unsaturated/α-hetero) is 3. The van der Waals surface area contributed by atoms with E-state index in [9.17, 15) is 49.2 Å². The van der Waals surface area contributed by atoms with Gasteiger partial charge in [0.15, 0.2) is 11.6 Å². The maximum absolute atomic E-state index is 16.1. The van der Waals surface area contributed by atoms with Gasteiger partial charge in [0.05, 0.1) is 65.3 Å². The summed E-state index contributed by atoms with van der Waals surface area (Å²) in [7, 11) is 2.76. The summed E-state index contributed by atoms with van der Waals surface area (Å²) in [6, 6.07) is -0.549. The number of methoxy groups -OCH3 is 2. The quantitative estimate of drug-likeness (QED) is 0.148. The molecule has 81 heavy (non-hydrogen) atoms. The Morgan fingerprint density at radius 2 is 1.59 bits per heavy atom. The van der Waals surface area contributed by atoms with E-state index in [2.05, 4.69) is 10.6 Å². The average molecular weight is 1130 g/mol. The number of piperidine rings is 1. The number of carbonyl (C=O) groups is 6. The lowest BCUT2D eigenvalue weighted by molar-refractivity contribution is -0.159. The topological polar surface area (TPSA) is 308 Å². The molecular formula is C58H69FN6O16. The van der Waals surface area contributed by atoms with Crippen LogP contribution < -0.4 is 36.2 Å². The largest absolute Gasteiger partial charge is 0.507 e. The van der Waals surface area contributed by atoms with Crippen molar-refractivity contribution in [3.8, 4) is 17.2 Å². The number of esters is 1. The lowest BCUT2D eigenvalue weighted by Crippen LogP contribution is -2.61. The normalized spacial score (nSPS) is 29.4. The van der Waals surface area contributed by atoms with Crippen LogP contribution in [0.1, 0.15) is 120 Å². The number of ether oxygens (including phenoxy) is 5. The molecule has 434 valence electrons. The fraction of sp³-hybridized carbons (Fsp3) is 0.500. The van der Waals surface area contributed by atoms with Gasteiger partial charge in [-0.25, -0.2) is 9.18 Å². The highest BCUT2D eigenvalue weighted by atomic mass is 19.1. The van der Waals surface area contributed by atoms with Crippen LogP contribution in [0.5, 0.6) is 17.2 Å². The number of aliphatic hydroxyl groups excluding tert-OH is 2. The highest BCUT2D eigenvalue weighted by molar-refractivity contribution is 6.32. The van der Waals surface area contributed by atoms with Gasteiger partial charge >= 0.3 is 17.7 Å². The highest BCUT2D eigenvalue weighted by Crippen LogP contribution is 2.50. The van der Waals surface area contributed by atoms with Gasteiger partial charge in [0.2, 0.25) is 17.0 Å². The Kier molecular flexibility index (Phi) is 16.2. The summed E-state index contributed by atoms with van der Waals surface area (Å²) in [6.07, 6.45) is 5.99. The number of carboxylic acids is 1. The number of nitrogens with two attached hydrogens (primary N) is 1. The van der Waals surface area contributed by atoms with E-state index in [1.807, 2.05) is 0 Å². The molecule has 22 nitrogen and oxygen atoms in total. The fourth-order valence-electron chi connectivity index (χ4n) is 11.8. The number of allylic oxidation sites excluding steroid dienone is 4. The Hall–Kier alpha value is -7.44. The highest BCUT2D eigenvalue weighted by Gasteiger charge is 2.53. The third-order valence-electron chi connectivity index (χ3n) is 16.7. The minimum absolute atomic E-state index is 0.0545. The predicted molar refractivity (Wildman–Crippen MR) is 291 cm³/mol. The predicted octanol–water partition coefficient (Wildman–Crippen LogP) is 4.09. The van der Waals surface area contributed by atoms with Gasteiger partial charge in [0.25, 0.3) is 11.7 Å². The number of halogens is 1. The van der Waals surface area contributed by atoms with Crippen molar-refractivity contribution in [3.05, 3.63) is 104 Å². The van der Waals surface area contributed by atoms with E-state index < -0.39 is 129 Å². The Bertz CT molecular complexity index is 3310. The molecule has 0 spiro atoms. The standard InChI is InChI=1S/C58H69FN6O16/c1-25-11-10-12-26(2)56(74)62-42-45(63-18-15-31(16-19-63)61-32-22-64(23-32)44-36(59)21-34-43(54(44)78-9)65(33-13-14-33)24-35(49(34)70)57(75)76)51(72)38-39(50(42)71)47(68)28(4)53-40(38)55(73)58(7,81-53)79-20-17-37(77-8)27(3)52(80-30(6)66)29(5)48(69)41(60)46(25)67/h10-12,17,20-21,24-25,27,29,31-33,37,41,46,48,52,61,67-69H,13-16,18-19,22-23,60H2,1-9H3,(H,62,74)(H,75,76)/b11-10+,20-17+,26-12-/t25-,27+,29+,37-,41+,46-,48-,52+,58-/m0/s1. The number of hydrogen-bond donors (Lipinski definition) is 7. The van der Waals surface area contributed by atoms with Crippen molar-refractivity contribution in [3.63, 3.8) is 0 Å². The van der Waals surface area contributed by atoms with Gasteiger partial charge < -0.3 is 74.8 Å². The van der Waals surface area contributed by atoms with E-state index in [1.165, 1.54) is 66.3 Å². The Morgan fingerprint density at radius 1 is 0.914 bits per heavy atom. The second kappa shape index (κ2) is 22.5. The number of benzene rings is 2. The summed E-state index contributed by atoms with van der Waals surface area (Å²) in [5.74, 6) is -11.4. The number of amides is 1. The first-order valence-corrected chi connectivity index (χ1v) is 27.1. The molecule has 23 heteroatoms. The van der Waals surface area contributed by atoms with E-state index in [0.717, 1.165) is 25.2 Å². The number of aromatic nitrogens is 1. The first-order chi connectivity index (χ1) is 38.3. The number of pyridine rings is 1. The number of aromatic hydroxyl groups is 1. The van der Waals surface area contributed by atoms with Crippen molar-refractivity contribution in [2.45, 2.75) is 129 Å². The first-order valence-electron chi connectivity index (χ1n) is 27.1. The number of phenols is 1. The molecule has 7 aliphatic rings. The van der Waals surface area contributed by atoms with E-state index in [0.29, 0.717) is 31.4 Å². The molecule has 2 aliphatic carbocycles. The van der Waals surface area contributed by atoms with Crippen LogP contribution >= 0.6 is 0 Å². The summed E-state index contributed by atoms with van der Waals surface area (Å²) in [5.41, 5.74) is 3.73. The van der Waals surface area contributed by atoms with Crippen molar-refractivity contribution >= 4 is 51.8 Å². The van der Waals surface area contributed by atoms with Crippen LogP contribution in [0.15, 0.2) is 64.6 Å². The lowest BCUT2D eigenvalue weighted by Gasteiger charge is -2.45. The Balaban J connectivity index is 1.01. The summed E-state index contributed by atoms with van der Waals surface area (Å²) >= 11 is 0. The number of anilines is 1.